The van der Waals surface area contributed by atoms with Crippen LogP contribution in [0.2, 0.25) is 0 Å². The number of carbonyl (C=O) groups is 1. The summed E-state index contributed by atoms with van der Waals surface area (Å²) in [5.41, 5.74) is 0.404. The van der Waals surface area contributed by atoms with Gasteiger partial charge in [-0.2, -0.15) is 0 Å². The van der Waals surface area contributed by atoms with Crippen LogP contribution in [0.1, 0.15) is 85.0 Å². The van der Waals surface area contributed by atoms with E-state index in [0.29, 0.717) is 30.8 Å². The van der Waals surface area contributed by atoms with E-state index in [1.807, 2.05) is 0 Å². The molecule has 4 saturated carbocycles. The highest BCUT2D eigenvalue weighted by molar-refractivity contribution is 5.85. The molecular formula is C29H44O7. The number of esters is 1. The standard InChI is InChI=1S/C29H44O7/c1-16-26(32)23(30)14-25(35-16)36-19-6-9-27(2)18(13-19)4-5-22-21(27)7-10-28(3)20(8-11-29(22,28)33)17-12-24(31)34-15-17/h12,16,18-23,25-26,30,32-33H,4-11,13-15H2,1-3H3/t16-,18+,19-,20+,21?,22?,23+,25+,26-,27-,28+,29-/m0/s1. The molecule has 7 heteroatoms. The Morgan fingerprint density at radius 1 is 1.00 bits per heavy atom. The summed E-state index contributed by atoms with van der Waals surface area (Å²) in [6.45, 7) is 6.92. The third kappa shape index (κ3) is 3.67. The fourth-order valence-electron chi connectivity index (χ4n) is 9.82. The monoisotopic (exact) mass is 504 g/mol. The zero-order chi connectivity index (χ0) is 25.5. The minimum Gasteiger partial charge on any atom is -0.458 e. The molecule has 7 nitrogen and oxygen atoms in total. The van der Waals surface area contributed by atoms with Crippen LogP contribution in [0.4, 0.5) is 0 Å². The van der Waals surface area contributed by atoms with Crippen molar-refractivity contribution in [3.05, 3.63) is 11.6 Å². The quantitative estimate of drug-likeness (QED) is 0.399. The summed E-state index contributed by atoms with van der Waals surface area (Å²) < 4.78 is 17.4. The average Bonchev–Trinajstić information content (AvgIpc) is 3.37. The molecule has 2 unspecified atom stereocenters. The number of hydrogen-bond acceptors (Lipinski definition) is 7. The van der Waals surface area contributed by atoms with Crippen molar-refractivity contribution >= 4 is 5.97 Å². The van der Waals surface area contributed by atoms with Gasteiger partial charge in [-0.25, -0.2) is 4.79 Å². The second kappa shape index (κ2) is 8.77. The van der Waals surface area contributed by atoms with Crippen molar-refractivity contribution in [3.63, 3.8) is 0 Å². The zero-order valence-corrected chi connectivity index (χ0v) is 22.0. The van der Waals surface area contributed by atoms with Crippen molar-refractivity contribution in [1.29, 1.82) is 0 Å². The molecule has 202 valence electrons. The molecule has 0 bridgehead atoms. The van der Waals surface area contributed by atoms with Gasteiger partial charge >= 0.3 is 5.97 Å². The highest BCUT2D eigenvalue weighted by Crippen LogP contribution is 2.70. The van der Waals surface area contributed by atoms with Crippen LogP contribution >= 0.6 is 0 Å². The Hall–Kier alpha value is -0.990. The van der Waals surface area contributed by atoms with Crippen LogP contribution in [0, 0.1) is 34.5 Å². The highest BCUT2D eigenvalue weighted by Gasteiger charge is 2.67. The number of aliphatic hydroxyl groups is 3. The van der Waals surface area contributed by atoms with E-state index in [9.17, 15) is 20.1 Å². The smallest absolute Gasteiger partial charge is 0.331 e. The maximum absolute atomic E-state index is 12.4. The molecule has 6 rings (SSSR count). The van der Waals surface area contributed by atoms with Gasteiger partial charge in [0.2, 0.25) is 0 Å². The van der Waals surface area contributed by atoms with Crippen LogP contribution in [0.5, 0.6) is 0 Å². The minimum atomic E-state index is -0.856. The minimum absolute atomic E-state index is 0.110. The van der Waals surface area contributed by atoms with E-state index in [-0.39, 0.29) is 28.8 Å². The molecular weight excluding hydrogens is 460 g/mol. The Balaban J connectivity index is 1.15. The third-order valence-electron chi connectivity index (χ3n) is 12.0. The third-order valence-corrected chi connectivity index (χ3v) is 12.0. The number of ether oxygens (including phenoxy) is 3. The van der Waals surface area contributed by atoms with Gasteiger partial charge in [0.15, 0.2) is 6.29 Å². The molecule has 6 aliphatic rings. The second-order valence-corrected chi connectivity index (χ2v) is 13.4. The van der Waals surface area contributed by atoms with Gasteiger partial charge in [0.25, 0.3) is 0 Å². The molecule has 4 aliphatic carbocycles. The van der Waals surface area contributed by atoms with Gasteiger partial charge in [-0.05, 0) is 99.4 Å². The Labute approximate surface area is 214 Å². The normalized spacial score (nSPS) is 54.8. The Kier molecular flexibility index (Phi) is 6.16. The van der Waals surface area contributed by atoms with Crippen LogP contribution in [0.15, 0.2) is 11.6 Å². The van der Waals surface area contributed by atoms with Crippen LogP contribution in [-0.2, 0) is 19.0 Å². The Morgan fingerprint density at radius 3 is 2.53 bits per heavy atom. The molecule has 2 heterocycles. The van der Waals surface area contributed by atoms with Crippen molar-refractivity contribution in [2.45, 2.75) is 121 Å². The molecule has 5 fully saturated rings. The molecule has 36 heavy (non-hydrogen) atoms. The van der Waals surface area contributed by atoms with Gasteiger partial charge in [-0.15, -0.1) is 0 Å². The van der Waals surface area contributed by atoms with E-state index in [1.165, 1.54) is 0 Å². The molecule has 0 aromatic rings. The largest absolute Gasteiger partial charge is 0.458 e. The summed E-state index contributed by atoms with van der Waals surface area (Å²) in [6.07, 6.45) is 8.64. The molecule has 3 N–H and O–H groups in total. The molecule has 0 aromatic heterocycles. The van der Waals surface area contributed by atoms with Crippen LogP contribution in [0.25, 0.3) is 0 Å². The Bertz CT molecular complexity index is 907. The number of fused-ring (bicyclic) bond motifs is 5. The molecule has 2 aliphatic heterocycles. The van der Waals surface area contributed by atoms with Gasteiger partial charge in [0.05, 0.1) is 23.9 Å². The number of hydrogen-bond donors (Lipinski definition) is 3. The number of cyclic esters (lactones) is 1. The molecule has 1 saturated heterocycles. The van der Waals surface area contributed by atoms with Gasteiger partial charge in [0.1, 0.15) is 12.7 Å². The number of carbonyl (C=O) groups excluding carboxylic acids is 1. The summed E-state index contributed by atoms with van der Waals surface area (Å²) in [6, 6.07) is 0. The summed E-state index contributed by atoms with van der Waals surface area (Å²) in [5, 5.41) is 32.5. The van der Waals surface area contributed by atoms with Crippen molar-refractivity contribution in [2.75, 3.05) is 6.61 Å². The van der Waals surface area contributed by atoms with Crippen LogP contribution in [0.3, 0.4) is 0 Å². The lowest BCUT2D eigenvalue weighted by Crippen LogP contribution is -2.62. The van der Waals surface area contributed by atoms with Gasteiger partial charge in [0, 0.05) is 17.9 Å². The van der Waals surface area contributed by atoms with Gasteiger partial charge < -0.3 is 29.5 Å². The lowest BCUT2D eigenvalue weighted by Gasteiger charge is -2.63. The first-order valence-corrected chi connectivity index (χ1v) is 14.3. The average molecular weight is 505 g/mol. The van der Waals surface area contributed by atoms with Crippen LogP contribution in [-0.4, -0.2) is 64.2 Å². The lowest BCUT2D eigenvalue weighted by molar-refractivity contribution is -0.270. The summed E-state index contributed by atoms with van der Waals surface area (Å²) in [7, 11) is 0. The molecule has 0 radical (unpaired) electrons. The number of rotatable bonds is 3. The first-order valence-electron chi connectivity index (χ1n) is 14.3. The van der Waals surface area contributed by atoms with E-state index in [1.54, 1.807) is 13.0 Å². The predicted octanol–water partition coefficient (Wildman–Crippen LogP) is 3.49. The SMILES string of the molecule is C[C@@H]1O[C@H](O[C@H]2CC[C@]3(C)C4CC[C@]5(C)[C@@H](C6=CC(=O)OC6)CC[C@]5(O)C4CC[C@@H]3C2)C[C@@H](O)[C@H]1O. The summed E-state index contributed by atoms with van der Waals surface area (Å²) in [5.74, 6) is 1.37. The zero-order valence-electron chi connectivity index (χ0n) is 22.0. The van der Waals surface area contributed by atoms with Gasteiger partial charge in [-0.3, -0.25) is 0 Å². The summed E-state index contributed by atoms with van der Waals surface area (Å²) >= 11 is 0. The molecule has 0 spiro atoms. The van der Waals surface area contributed by atoms with E-state index < -0.39 is 30.2 Å². The first-order chi connectivity index (χ1) is 17.0. The fraction of sp³-hybridized carbons (Fsp3) is 0.897. The summed E-state index contributed by atoms with van der Waals surface area (Å²) in [4.78, 5) is 11.8. The topological polar surface area (TPSA) is 105 Å². The predicted molar refractivity (Wildman–Crippen MR) is 132 cm³/mol. The van der Waals surface area contributed by atoms with Crippen molar-refractivity contribution in [3.8, 4) is 0 Å². The maximum Gasteiger partial charge on any atom is 0.331 e. The highest BCUT2D eigenvalue weighted by atomic mass is 16.7. The second-order valence-electron chi connectivity index (χ2n) is 13.4. The van der Waals surface area contributed by atoms with Crippen molar-refractivity contribution < 1.29 is 34.3 Å². The van der Waals surface area contributed by atoms with E-state index in [2.05, 4.69) is 13.8 Å². The lowest BCUT2D eigenvalue weighted by atomic mass is 9.43. The first kappa shape index (κ1) is 25.3. The number of aliphatic hydroxyl groups excluding tert-OH is 2. The van der Waals surface area contributed by atoms with E-state index in [0.717, 1.165) is 63.4 Å². The van der Waals surface area contributed by atoms with E-state index >= 15 is 0 Å². The maximum atomic E-state index is 12.4. The molecule has 0 amide bonds. The van der Waals surface area contributed by atoms with Crippen molar-refractivity contribution in [1.82, 2.24) is 0 Å². The van der Waals surface area contributed by atoms with Crippen LogP contribution < -0.4 is 0 Å². The van der Waals surface area contributed by atoms with E-state index in [4.69, 9.17) is 14.2 Å². The van der Waals surface area contributed by atoms with Crippen molar-refractivity contribution in [2.24, 2.45) is 34.5 Å². The molecule has 12 atom stereocenters. The van der Waals surface area contributed by atoms with Gasteiger partial charge in [-0.1, -0.05) is 13.8 Å². The fourth-order valence-corrected chi connectivity index (χ4v) is 9.82. The Morgan fingerprint density at radius 2 is 1.81 bits per heavy atom. The molecule has 0 aromatic carbocycles.